The van der Waals surface area contributed by atoms with Gasteiger partial charge < -0.3 is 20.6 Å². The smallest absolute Gasteiger partial charge is 0.222 e. The molecule has 0 spiro atoms. The van der Waals surface area contributed by atoms with Crippen molar-refractivity contribution in [2.45, 2.75) is 24.7 Å². The molecule has 1 aliphatic rings. The zero-order valence-electron chi connectivity index (χ0n) is 5.90. The van der Waals surface area contributed by atoms with Gasteiger partial charge in [0.1, 0.15) is 6.10 Å². The second kappa shape index (κ2) is 3.17. The van der Waals surface area contributed by atoms with Crippen LogP contribution in [-0.2, 0) is 4.79 Å². The Morgan fingerprint density at radius 1 is 1.27 bits per heavy atom. The van der Waals surface area contributed by atoms with E-state index >= 15 is 0 Å². The predicted octanol–water partition coefficient (Wildman–Crippen LogP) is -2.41. The molecule has 0 bridgehead atoms. The average Bonchev–Trinajstić information content (AvgIpc) is 2.05. The van der Waals surface area contributed by atoms with Crippen molar-refractivity contribution in [3.05, 3.63) is 0 Å². The summed E-state index contributed by atoms with van der Waals surface area (Å²) in [7, 11) is 0. The first-order chi connectivity index (χ1) is 5.11. The van der Waals surface area contributed by atoms with Crippen LogP contribution >= 0.6 is 0 Å². The van der Waals surface area contributed by atoms with Gasteiger partial charge in [0.25, 0.3) is 0 Å². The molecule has 3 atom stereocenters. The van der Waals surface area contributed by atoms with Gasteiger partial charge in [-0.2, -0.15) is 0 Å². The molecular weight excluding hydrogens is 150 g/mol. The molecule has 3 unspecified atom stereocenters. The second-order valence-electron chi connectivity index (χ2n) is 2.63. The van der Waals surface area contributed by atoms with Gasteiger partial charge >= 0.3 is 0 Å². The first kappa shape index (κ1) is 8.45. The highest BCUT2D eigenvalue weighted by Gasteiger charge is 2.29. The molecule has 1 heterocycles. The standard InChI is InChI=1S/C6H11NO4/c8-3-1-5(10)7-2-4(9)6(3)11/h3-4,6,8-9,11H,1-2H2,(H,7,10). The van der Waals surface area contributed by atoms with Crippen LogP contribution in [0.2, 0.25) is 0 Å². The maximum atomic E-state index is 10.7. The minimum absolute atomic E-state index is 0.00292. The maximum Gasteiger partial charge on any atom is 0.222 e. The summed E-state index contributed by atoms with van der Waals surface area (Å²) in [6.45, 7) is -0.00292. The number of carbonyl (C=O) groups is 1. The van der Waals surface area contributed by atoms with E-state index in [1.807, 2.05) is 0 Å². The molecular formula is C6H11NO4. The maximum absolute atomic E-state index is 10.7. The first-order valence-electron chi connectivity index (χ1n) is 3.42. The molecule has 0 aromatic heterocycles. The van der Waals surface area contributed by atoms with Gasteiger partial charge in [-0.3, -0.25) is 4.79 Å². The van der Waals surface area contributed by atoms with Crippen LogP contribution < -0.4 is 5.32 Å². The van der Waals surface area contributed by atoms with E-state index in [0.29, 0.717) is 0 Å². The second-order valence-corrected chi connectivity index (χ2v) is 2.63. The van der Waals surface area contributed by atoms with E-state index < -0.39 is 18.3 Å². The van der Waals surface area contributed by atoms with Crippen molar-refractivity contribution in [3.8, 4) is 0 Å². The monoisotopic (exact) mass is 161 g/mol. The van der Waals surface area contributed by atoms with Crippen molar-refractivity contribution in [3.63, 3.8) is 0 Å². The van der Waals surface area contributed by atoms with E-state index in [4.69, 9.17) is 15.3 Å². The van der Waals surface area contributed by atoms with Crippen LogP contribution in [0.4, 0.5) is 0 Å². The van der Waals surface area contributed by atoms with E-state index in [1.165, 1.54) is 0 Å². The summed E-state index contributed by atoms with van der Waals surface area (Å²) in [6, 6.07) is 0. The van der Waals surface area contributed by atoms with E-state index in [-0.39, 0.29) is 18.9 Å². The van der Waals surface area contributed by atoms with Crippen LogP contribution in [0.3, 0.4) is 0 Å². The van der Waals surface area contributed by atoms with Gasteiger partial charge in [-0.1, -0.05) is 0 Å². The Kier molecular flexibility index (Phi) is 2.43. The Hall–Kier alpha value is -0.650. The molecule has 0 aromatic rings. The quantitative estimate of drug-likeness (QED) is 0.318. The normalized spacial score (nSPS) is 39.5. The lowest BCUT2D eigenvalue weighted by atomic mass is 10.1. The minimum atomic E-state index is -1.23. The van der Waals surface area contributed by atoms with Gasteiger partial charge in [-0.15, -0.1) is 0 Å². The van der Waals surface area contributed by atoms with E-state index in [2.05, 4.69) is 5.32 Å². The third-order valence-electron chi connectivity index (χ3n) is 1.69. The lowest BCUT2D eigenvalue weighted by molar-refractivity contribution is -0.123. The van der Waals surface area contributed by atoms with Crippen molar-refractivity contribution >= 4 is 5.91 Å². The topological polar surface area (TPSA) is 89.8 Å². The average molecular weight is 161 g/mol. The fourth-order valence-electron chi connectivity index (χ4n) is 0.978. The largest absolute Gasteiger partial charge is 0.390 e. The van der Waals surface area contributed by atoms with E-state index in [0.717, 1.165) is 0 Å². The van der Waals surface area contributed by atoms with Crippen molar-refractivity contribution in [2.75, 3.05) is 6.54 Å². The zero-order valence-corrected chi connectivity index (χ0v) is 5.90. The van der Waals surface area contributed by atoms with Crippen molar-refractivity contribution in [1.82, 2.24) is 5.32 Å². The summed E-state index contributed by atoms with van der Waals surface area (Å²) in [5.74, 6) is -0.354. The van der Waals surface area contributed by atoms with Crippen LogP contribution in [0.1, 0.15) is 6.42 Å². The Labute approximate surface area is 63.7 Å². The van der Waals surface area contributed by atoms with Gasteiger partial charge in [0.2, 0.25) is 5.91 Å². The molecule has 11 heavy (non-hydrogen) atoms. The number of aliphatic hydroxyl groups excluding tert-OH is 3. The van der Waals surface area contributed by atoms with E-state index in [1.54, 1.807) is 0 Å². The molecule has 5 heteroatoms. The molecule has 64 valence electrons. The Morgan fingerprint density at radius 3 is 2.55 bits per heavy atom. The van der Waals surface area contributed by atoms with Crippen molar-refractivity contribution in [2.24, 2.45) is 0 Å². The third kappa shape index (κ3) is 1.89. The Bertz CT molecular complexity index is 161. The van der Waals surface area contributed by atoms with Gasteiger partial charge in [-0.05, 0) is 0 Å². The molecule has 1 amide bonds. The van der Waals surface area contributed by atoms with Crippen LogP contribution in [-0.4, -0.2) is 46.1 Å². The predicted molar refractivity (Wildman–Crippen MR) is 35.6 cm³/mol. The number of β-amino-alcohol motifs (C(OH)–C–C–N with tert-alkyl or cyclic N) is 1. The molecule has 1 fully saturated rings. The Morgan fingerprint density at radius 2 is 1.91 bits per heavy atom. The summed E-state index contributed by atoms with van der Waals surface area (Å²) < 4.78 is 0. The molecule has 0 saturated carbocycles. The van der Waals surface area contributed by atoms with E-state index in [9.17, 15) is 4.79 Å². The summed E-state index contributed by atoms with van der Waals surface area (Å²) in [6.07, 6.45) is -3.61. The van der Waals surface area contributed by atoms with Crippen LogP contribution in [0, 0.1) is 0 Å². The summed E-state index contributed by atoms with van der Waals surface area (Å²) in [5.41, 5.74) is 0. The molecule has 1 aliphatic heterocycles. The molecule has 0 radical (unpaired) electrons. The highest BCUT2D eigenvalue weighted by Crippen LogP contribution is 2.07. The third-order valence-corrected chi connectivity index (χ3v) is 1.69. The number of nitrogens with one attached hydrogen (secondary N) is 1. The van der Waals surface area contributed by atoms with Gasteiger partial charge in [0.05, 0.1) is 18.6 Å². The number of hydrogen-bond acceptors (Lipinski definition) is 4. The highest BCUT2D eigenvalue weighted by atomic mass is 16.4. The van der Waals surface area contributed by atoms with Crippen LogP contribution in [0.25, 0.3) is 0 Å². The molecule has 1 rings (SSSR count). The molecule has 5 nitrogen and oxygen atoms in total. The lowest BCUT2D eigenvalue weighted by Gasteiger charge is -2.17. The SMILES string of the molecule is O=C1CC(O)C(O)C(O)CN1. The molecule has 1 saturated heterocycles. The minimum Gasteiger partial charge on any atom is -0.390 e. The summed E-state index contributed by atoms with van der Waals surface area (Å²) in [5, 5.41) is 29.4. The van der Waals surface area contributed by atoms with Gasteiger partial charge in [-0.25, -0.2) is 0 Å². The van der Waals surface area contributed by atoms with Crippen LogP contribution in [0.15, 0.2) is 0 Å². The molecule has 0 aliphatic carbocycles. The van der Waals surface area contributed by atoms with Crippen molar-refractivity contribution < 1.29 is 20.1 Å². The fourth-order valence-corrected chi connectivity index (χ4v) is 0.978. The van der Waals surface area contributed by atoms with Crippen LogP contribution in [0.5, 0.6) is 0 Å². The van der Waals surface area contributed by atoms with Gasteiger partial charge in [0.15, 0.2) is 0 Å². The van der Waals surface area contributed by atoms with Gasteiger partial charge in [0, 0.05) is 6.54 Å². The summed E-state index contributed by atoms with van der Waals surface area (Å²) in [4.78, 5) is 10.7. The number of amides is 1. The lowest BCUT2D eigenvalue weighted by Crippen LogP contribution is -2.38. The first-order valence-corrected chi connectivity index (χ1v) is 3.42. The highest BCUT2D eigenvalue weighted by molar-refractivity contribution is 5.76. The number of hydrogen-bond donors (Lipinski definition) is 4. The summed E-state index contributed by atoms with van der Waals surface area (Å²) >= 11 is 0. The molecule has 4 N–H and O–H groups in total. The molecule has 0 aromatic carbocycles. The fraction of sp³-hybridized carbons (Fsp3) is 0.833. The zero-order chi connectivity index (χ0) is 8.43. The van der Waals surface area contributed by atoms with Crippen molar-refractivity contribution in [1.29, 1.82) is 0 Å². The number of carbonyl (C=O) groups excluding carboxylic acids is 1. The number of aliphatic hydroxyl groups is 3. The Balaban J connectivity index is 2.61. The number of rotatable bonds is 0.